The van der Waals surface area contributed by atoms with Crippen molar-refractivity contribution in [3.05, 3.63) is 18.5 Å². The molecule has 0 aromatic carbocycles. The van der Waals surface area contributed by atoms with Gasteiger partial charge >= 0.3 is 0 Å². The molecule has 0 saturated carbocycles. The number of aryl methyl sites for hydroxylation is 1. The molecule has 0 spiro atoms. The number of nitrogens with one attached hydrogen (secondary N) is 1. The molecule has 84 valence electrons. The Hall–Kier alpha value is -0.550. The molecule has 0 saturated heterocycles. The monoisotopic (exact) mass is 243 g/mol. The van der Waals surface area contributed by atoms with E-state index in [1.807, 2.05) is 17.8 Å². The third kappa shape index (κ3) is 5.18. The molecular weight excluding hydrogens is 226 g/mol. The van der Waals surface area contributed by atoms with Gasteiger partial charge in [0.2, 0.25) is 5.13 Å². The van der Waals surface area contributed by atoms with Gasteiger partial charge in [0.15, 0.2) is 0 Å². The van der Waals surface area contributed by atoms with Gasteiger partial charge in [0.05, 0.1) is 0 Å². The van der Waals surface area contributed by atoms with E-state index in [9.17, 15) is 0 Å². The van der Waals surface area contributed by atoms with E-state index in [0.717, 1.165) is 41.8 Å². The third-order valence-electron chi connectivity index (χ3n) is 1.70. The Morgan fingerprint density at radius 2 is 2.47 bits per heavy atom. The maximum Gasteiger partial charge on any atom is 0.202 e. The van der Waals surface area contributed by atoms with Crippen LogP contribution in [0.5, 0.6) is 0 Å². The molecule has 1 heterocycles. The van der Waals surface area contributed by atoms with E-state index in [1.54, 1.807) is 0 Å². The predicted octanol–water partition coefficient (Wildman–Crippen LogP) is 2.82. The van der Waals surface area contributed by atoms with Crippen molar-refractivity contribution < 1.29 is 0 Å². The van der Waals surface area contributed by atoms with Crippen LogP contribution in [-0.4, -0.2) is 27.4 Å². The van der Waals surface area contributed by atoms with Crippen molar-refractivity contribution in [2.24, 2.45) is 0 Å². The first kappa shape index (κ1) is 12.5. The van der Waals surface area contributed by atoms with Crippen molar-refractivity contribution in [3.63, 3.8) is 0 Å². The summed E-state index contributed by atoms with van der Waals surface area (Å²) in [6, 6.07) is 0. The quantitative estimate of drug-likeness (QED) is 0.563. The molecule has 0 amide bonds. The van der Waals surface area contributed by atoms with E-state index >= 15 is 0 Å². The Morgan fingerprint density at radius 1 is 1.60 bits per heavy atom. The zero-order valence-electron chi connectivity index (χ0n) is 9.03. The molecule has 0 aliphatic rings. The van der Waals surface area contributed by atoms with E-state index in [4.69, 9.17) is 0 Å². The molecular formula is C10H17N3S2. The summed E-state index contributed by atoms with van der Waals surface area (Å²) in [5.74, 6) is 3.05. The number of hydrogen-bond acceptors (Lipinski definition) is 5. The van der Waals surface area contributed by atoms with E-state index in [0.29, 0.717) is 0 Å². The highest BCUT2D eigenvalue weighted by atomic mass is 32.2. The van der Waals surface area contributed by atoms with Crippen molar-refractivity contribution in [2.45, 2.75) is 19.8 Å². The Balaban J connectivity index is 2.16. The molecule has 15 heavy (non-hydrogen) atoms. The van der Waals surface area contributed by atoms with Gasteiger partial charge in [-0.3, -0.25) is 0 Å². The van der Waals surface area contributed by atoms with Gasteiger partial charge in [0, 0.05) is 36.0 Å². The SMILES string of the molecule is C=CCSCCNc1nc(CCC)ns1. The minimum Gasteiger partial charge on any atom is -0.359 e. The average molecular weight is 243 g/mol. The summed E-state index contributed by atoms with van der Waals surface area (Å²) in [6.07, 6.45) is 4.00. The molecule has 0 aliphatic heterocycles. The fraction of sp³-hybridized carbons (Fsp3) is 0.600. The van der Waals surface area contributed by atoms with Gasteiger partial charge in [-0.15, -0.1) is 6.58 Å². The van der Waals surface area contributed by atoms with E-state index < -0.39 is 0 Å². The largest absolute Gasteiger partial charge is 0.359 e. The summed E-state index contributed by atoms with van der Waals surface area (Å²) in [6.45, 7) is 6.76. The molecule has 0 aliphatic carbocycles. The normalized spacial score (nSPS) is 10.2. The topological polar surface area (TPSA) is 37.8 Å². The van der Waals surface area contributed by atoms with Gasteiger partial charge < -0.3 is 5.32 Å². The Morgan fingerprint density at radius 3 is 3.20 bits per heavy atom. The number of aromatic nitrogens is 2. The van der Waals surface area contributed by atoms with Crippen molar-refractivity contribution in [1.82, 2.24) is 9.36 Å². The number of hydrogen-bond donors (Lipinski definition) is 1. The maximum absolute atomic E-state index is 4.38. The van der Waals surface area contributed by atoms with Crippen LogP contribution in [0.2, 0.25) is 0 Å². The summed E-state index contributed by atoms with van der Waals surface area (Å²) < 4.78 is 4.27. The van der Waals surface area contributed by atoms with Gasteiger partial charge in [0.25, 0.3) is 0 Å². The summed E-state index contributed by atoms with van der Waals surface area (Å²) >= 11 is 3.32. The Labute approximate surface area is 99.6 Å². The number of rotatable bonds is 8. The highest BCUT2D eigenvalue weighted by Crippen LogP contribution is 2.12. The van der Waals surface area contributed by atoms with Crippen LogP contribution in [0.15, 0.2) is 12.7 Å². The first-order chi connectivity index (χ1) is 7.36. The van der Waals surface area contributed by atoms with Crippen LogP contribution >= 0.6 is 23.3 Å². The highest BCUT2D eigenvalue weighted by Gasteiger charge is 2.01. The molecule has 0 radical (unpaired) electrons. The molecule has 1 aromatic rings. The molecule has 0 atom stereocenters. The summed E-state index contributed by atoms with van der Waals surface area (Å²) in [4.78, 5) is 4.38. The van der Waals surface area contributed by atoms with Crippen molar-refractivity contribution in [3.8, 4) is 0 Å². The van der Waals surface area contributed by atoms with E-state index in [2.05, 4.69) is 28.2 Å². The highest BCUT2D eigenvalue weighted by molar-refractivity contribution is 7.99. The zero-order chi connectivity index (χ0) is 10.9. The van der Waals surface area contributed by atoms with Crippen LogP contribution in [-0.2, 0) is 6.42 Å². The fourth-order valence-electron chi connectivity index (χ4n) is 1.05. The van der Waals surface area contributed by atoms with Crippen LogP contribution in [0.1, 0.15) is 19.2 Å². The van der Waals surface area contributed by atoms with Gasteiger partial charge in [-0.25, -0.2) is 4.98 Å². The van der Waals surface area contributed by atoms with Crippen LogP contribution in [0.4, 0.5) is 5.13 Å². The Bertz CT molecular complexity index is 286. The van der Waals surface area contributed by atoms with Crippen LogP contribution < -0.4 is 5.32 Å². The number of nitrogens with zero attached hydrogens (tertiary/aromatic N) is 2. The standard InChI is InChI=1S/C10H17N3S2/c1-3-5-9-12-10(15-13-9)11-6-8-14-7-4-2/h4H,2-3,5-8H2,1H3,(H,11,12,13). The number of thioether (sulfide) groups is 1. The second kappa shape index (κ2) is 7.70. The summed E-state index contributed by atoms with van der Waals surface area (Å²) in [5.41, 5.74) is 0. The smallest absolute Gasteiger partial charge is 0.202 e. The third-order valence-corrected chi connectivity index (χ3v) is 3.37. The minimum atomic E-state index is 0.942. The molecule has 0 unspecified atom stereocenters. The van der Waals surface area contributed by atoms with Gasteiger partial charge in [0.1, 0.15) is 5.82 Å². The van der Waals surface area contributed by atoms with Crippen molar-refractivity contribution >= 4 is 28.4 Å². The zero-order valence-corrected chi connectivity index (χ0v) is 10.7. The fourth-order valence-corrected chi connectivity index (χ4v) is 2.26. The molecule has 0 bridgehead atoms. The first-order valence-corrected chi connectivity index (χ1v) is 7.04. The summed E-state index contributed by atoms with van der Waals surface area (Å²) in [7, 11) is 0. The lowest BCUT2D eigenvalue weighted by Gasteiger charge is -1.99. The lowest BCUT2D eigenvalue weighted by Crippen LogP contribution is -2.03. The van der Waals surface area contributed by atoms with Crippen LogP contribution in [0.3, 0.4) is 0 Å². The van der Waals surface area contributed by atoms with Gasteiger partial charge in [-0.1, -0.05) is 13.0 Å². The Kier molecular flexibility index (Phi) is 6.43. The van der Waals surface area contributed by atoms with Crippen LogP contribution in [0, 0.1) is 0 Å². The molecule has 1 N–H and O–H groups in total. The summed E-state index contributed by atoms with van der Waals surface area (Å²) in [5, 5.41) is 4.21. The second-order valence-corrected chi connectivity index (χ2v) is 4.96. The van der Waals surface area contributed by atoms with E-state index in [-0.39, 0.29) is 0 Å². The molecule has 5 heteroatoms. The lowest BCUT2D eigenvalue weighted by atomic mass is 10.3. The van der Waals surface area contributed by atoms with Gasteiger partial charge in [-0.05, 0) is 6.42 Å². The molecule has 3 nitrogen and oxygen atoms in total. The first-order valence-electron chi connectivity index (χ1n) is 5.12. The van der Waals surface area contributed by atoms with E-state index in [1.165, 1.54) is 11.5 Å². The van der Waals surface area contributed by atoms with Crippen molar-refractivity contribution in [1.29, 1.82) is 0 Å². The second-order valence-electron chi connectivity index (χ2n) is 3.06. The van der Waals surface area contributed by atoms with Crippen molar-refractivity contribution in [2.75, 3.05) is 23.4 Å². The molecule has 0 fully saturated rings. The van der Waals surface area contributed by atoms with Gasteiger partial charge in [-0.2, -0.15) is 16.1 Å². The predicted molar refractivity (Wildman–Crippen MR) is 69.9 cm³/mol. The lowest BCUT2D eigenvalue weighted by molar-refractivity contribution is 0.861. The maximum atomic E-state index is 4.38. The number of anilines is 1. The van der Waals surface area contributed by atoms with Crippen LogP contribution in [0.25, 0.3) is 0 Å². The molecule has 1 rings (SSSR count). The molecule has 1 aromatic heterocycles. The average Bonchev–Trinajstić information content (AvgIpc) is 2.66. The minimum absolute atomic E-state index is 0.942.